The molecule has 0 bridgehead atoms. The monoisotopic (exact) mass is 556 g/mol. The first-order chi connectivity index (χ1) is 17.3. The van der Waals surface area contributed by atoms with Gasteiger partial charge in [-0.25, -0.2) is 16.8 Å². The Morgan fingerprint density at radius 1 is 0.703 bits per heavy atom. The second-order valence-corrected chi connectivity index (χ2v) is 12.1. The van der Waals surface area contributed by atoms with E-state index in [0.29, 0.717) is 0 Å². The van der Waals surface area contributed by atoms with Gasteiger partial charge in [-0.15, -0.1) is 0 Å². The van der Waals surface area contributed by atoms with Gasteiger partial charge in [0.05, 0.1) is 59.0 Å². The summed E-state index contributed by atoms with van der Waals surface area (Å²) >= 11 is 0. The lowest BCUT2D eigenvalue weighted by Gasteiger charge is -2.38. The third kappa shape index (κ3) is 5.36. The molecule has 17 heteroatoms. The fourth-order valence-electron chi connectivity index (χ4n) is 3.94. The Morgan fingerprint density at radius 3 is 1.38 bits per heavy atom. The number of nitrogens with zero attached hydrogens (tertiary/aromatic N) is 4. The molecule has 0 saturated carbocycles. The van der Waals surface area contributed by atoms with E-state index < -0.39 is 67.6 Å². The van der Waals surface area contributed by atoms with Gasteiger partial charge in [-0.05, 0) is 24.3 Å². The minimum atomic E-state index is -4.36. The van der Waals surface area contributed by atoms with E-state index in [2.05, 4.69) is 0 Å². The zero-order chi connectivity index (χ0) is 27.0. The molecule has 2 saturated heterocycles. The summed E-state index contributed by atoms with van der Waals surface area (Å²) in [5.41, 5.74) is -0.651. The summed E-state index contributed by atoms with van der Waals surface area (Å²) in [6.45, 7) is -2.45. The number of hydrogen-bond donors (Lipinski definition) is 0. The van der Waals surface area contributed by atoms with E-state index in [-0.39, 0.29) is 34.4 Å². The number of hydrogen-bond acceptors (Lipinski definition) is 11. The van der Waals surface area contributed by atoms with E-state index in [9.17, 15) is 41.9 Å². The van der Waals surface area contributed by atoms with Gasteiger partial charge in [0.25, 0.3) is 11.4 Å². The second kappa shape index (κ2) is 9.84. The van der Waals surface area contributed by atoms with Crippen LogP contribution in [-0.2, 0) is 34.3 Å². The first-order valence-corrected chi connectivity index (χ1v) is 13.5. The maximum atomic E-state index is 13.3. The number of Topliss-reactive ketones (excluding diaryl/α,β-unsaturated/α-hetero) is 1. The molecule has 198 valence electrons. The number of benzene rings is 2. The molecule has 0 N–H and O–H groups in total. The molecule has 0 unspecified atom stereocenters. The summed E-state index contributed by atoms with van der Waals surface area (Å²) in [5, 5.41) is 21.8. The number of carbonyl (C=O) groups is 1. The highest BCUT2D eigenvalue weighted by molar-refractivity contribution is 7.89. The molecular formula is C20H20N4O11S2. The number of ether oxygens (including phenoxy) is 2. The minimum absolute atomic E-state index is 0.0325. The van der Waals surface area contributed by atoms with Gasteiger partial charge < -0.3 is 9.47 Å². The predicted octanol–water partition coefficient (Wildman–Crippen LogP) is 0.510. The van der Waals surface area contributed by atoms with Crippen LogP contribution in [0.15, 0.2) is 58.3 Å². The van der Waals surface area contributed by atoms with Crippen LogP contribution in [0.4, 0.5) is 11.4 Å². The van der Waals surface area contributed by atoms with Crippen molar-refractivity contribution in [1.29, 1.82) is 0 Å². The highest BCUT2D eigenvalue weighted by Gasteiger charge is 2.48. The van der Waals surface area contributed by atoms with E-state index >= 15 is 0 Å². The van der Waals surface area contributed by atoms with Crippen molar-refractivity contribution in [3.63, 3.8) is 0 Å². The number of carbonyl (C=O) groups excluding carboxylic acids is 1. The molecule has 4 rings (SSSR count). The molecule has 1 spiro atoms. The molecule has 2 aliphatic rings. The van der Waals surface area contributed by atoms with Crippen molar-refractivity contribution in [2.75, 3.05) is 39.4 Å². The zero-order valence-electron chi connectivity index (χ0n) is 19.0. The van der Waals surface area contributed by atoms with Gasteiger partial charge in [-0.1, -0.05) is 0 Å². The average molecular weight is 557 g/mol. The number of nitro benzene ring substituents is 2. The summed E-state index contributed by atoms with van der Waals surface area (Å²) in [4.78, 5) is 32.6. The minimum Gasteiger partial charge on any atom is -0.345 e. The highest BCUT2D eigenvalue weighted by atomic mass is 32.2. The van der Waals surface area contributed by atoms with Crippen LogP contribution in [0.5, 0.6) is 0 Å². The Labute approximate surface area is 210 Å². The van der Waals surface area contributed by atoms with E-state index in [1.54, 1.807) is 0 Å². The van der Waals surface area contributed by atoms with Crippen molar-refractivity contribution in [3.05, 3.63) is 68.8 Å². The van der Waals surface area contributed by atoms with Gasteiger partial charge in [-0.2, -0.15) is 8.61 Å². The van der Waals surface area contributed by atoms with Crippen LogP contribution in [-0.4, -0.2) is 86.3 Å². The highest BCUT2D eigenvalue weighted by Crippen LogP contribution is 2.30. The van der Waals surface area contributed by atoms with E-state index in [4.69, 9.17) is 9.47 Å². The Bertz CT molecular complexity index is 1330. The molecule has 0 atom stereocenters. The number of ketones is 1. The summed E-state index contributed by atoms with van der Waals surface area (Å²) in [6, 6.07) is 8.17. The van der Waals surface area contributed by atoms with E-state index in [1.807, 2.05) is 0 Å². The lowest BCUT2D eigenvalue weighted by Crippen LogP contribution is -2.58. The van der Waals surface area contributed by atoms with Crippen LogP contribution < -0.4 is 0 Å². The normalized spacial score (nSPS) is 19.4. The van der Waals surface area contributed by atoms with Crippen molar-refractivity contribution >= 4 is 37.2 Å². The average Bonchev–Trinajstić information content (AvgIpc) is 3.30. The SMILES string of the molecule is O=C1CN(S(=O)(=O)c2ccc([N+](=O)[O-])cc2)CC2(CN(S(=O)(=O)c3ccc([N+](=O)[O-])cc3)C1)OCCO2. The van der Waals surface area contributed by atoms with Gasteiger partial charge >= 0.3 is 0 Å². The third-order valence-corrected chi connectivity index (χ3v) is 9.34. The van der Waals surface area contributed by atoms with Gasteiger partial charge in [0.2, 0.25) is 20.0 Å². The predicted molar refractivity (Wildman–Crippen MR) is 123 cm³/mol. The van der Waals surface area contributed by atoms with E-state index in [0.717, 1.165) is 57.1 Å². The third-order valence-electron chi connectivity index (χ3n) is 5.72. The topological polar surface area (TPSA) is 197 Å². The number of sulfonamides is 2. The van der Waals surface area contributed by atoms with Gasteiger partial charge in [0, 0.05) is 24.3 Å². The van der Waals surface area contributed by atoms with Crippen LogP contribution >= 0.6 is 0 Å². The van der Waals surface area contributed by atoms with Crippen molar-refractivity contribution in [1.82, 2.24) is 8.61 Å². The molecular weight excluding hydrogens is 536 g/mol. The molecule has 0 amide bonds. The maximum absolute atomic E-state index is 13.3. The molecule has 2 fully saturated rings. The standard InChI is InChI=1S/C20H20N4O11S2/c25-17-11-21(36(30,31)18-5-1-15(2-6-18)23(26)27)13-20(34-9-10-35-20)14-22(12-17)37(32,33)19-7-3-16(4-8-19)24(28)29/h1-8H,9-14H2. The van der Waals surface area contributed by atoms with Gasteiger partial charge in [0.15, 0.2) is 11.6 Å². The summed E-state index contributed by atoms with van der Waals surface area (Å²) in [6.07, 6.45) is 0. The van der Waals surface area contributed by atoms with Crippen LogP contribution in [0.1, 0.15) is 0 Å². The summed E-state index contributed by atoms with van der Waals surface area (Å²) in [7, 11) is -8.72. The largest absolute Gasteiger partial charge is 0.345 e. The fourth-order valence-corrected chi connectivity index (χ4v) is 6.86. The molecule has 2 aromatic carbocycles. The second-order valence-electron chi connectivity index (χ2n) is 8.19. The Balaban J connectivity index is 1.66. The number of non-ortho nitro benzene ring substituents is 2. The lowest BCUT2D eigenvalue weighted by molar-refractivity contribution is -0.385. The van der Waals surface area contributed by atoms with Crippen molar-refractivity contribution in [3.8, 4) is 0 Å². The Morgan fingerprint density at radius 2 is 1.05 bits per heavy atom. The van der Waals surface area contributed by atoms with Crippen molar-refractivity contribution < 1.29 is 41.0 Å². The van der Waals surface area contributed by atoms with Crippen LogP contribution in [0.3, 0.4) is 0 Å². The van der Waals surface area contributed by atoms with Crippen LogP contribution in [0, 0.1) is 20.2 Å². The first kappa shape index (κ1) is 26.7. The summed E-state index contributed by atoms with van der Waals surface area (Å²) < 4.78 is 66.1. The van der Waals surface area contributed by atoms with Crippen molar-refractivity contribution in [2.45, 2.75) is 15.6 Å². The maximum Gasteiger partial charge on any atom is 0.269 e. The number of nitro groups is 2. The molecule has 15 nitrogen and oxygen atoms in total. The summed E-state index contributed by atoms with van der Waals surface area (Å²) in [5.74, 6) is -2.51. The Kier molecular flexibility index (Phi) is 7.10. The fraction of sp³-hybridized carbons (Fsp3) is 0.350. The zero-order valence-corrected chi connectivity index (χ0v) is 20.6. The van der Waals surface area contributed by atoms with E-state index in [1.165, 1.54) is 0 Å². The molecule has 0 radical (unpaired) electrons. The molecule has 0 aromatic heterocycles. The van der Waals surface area contributed by atoms with Crippen molar-refractivity contribution in [2.24, 2.45) is 0 Å². The quantitative estimate of drug-likeness (QED) is 0.355. The Hall–Kier alpha value is -3.35. The molecule has 2 heterocycles. The lowest BCUT2D eigenvalue weighted by atomic mass is 10.2. The number of rotatable bonds is 6. The first-order valence-electron chi connectivity index (χ1n) is 10.6. The molecule has 2 aliphatic heterocycles. The smallest absolute Gasteiger partial charge is 0.269 e. The van der Waals surface area contributed by atoms with Gasteiger partial charge in [-0.3, -0.25) is 25.0 Å². The molecule has 2 aromatic rings. The molecule has 37 heavy (non-hydrogen) atoms. The van der Waals surface area contributed by atoms with Crippen LogP contribution in [0.2, 0.25) is 0 Å². The van der Waals surface area contributed by atoms with Crippen LogP contribution in [0.25, 0.3) is 0 Å². The molecule has 0 aliphatic carbocycles. The van der Waals surface area contributed by atoms with Gasteiger partial charge in [0.1, 0.15) is 0 Å².